The Morgan fingerprint density at radius 2 is 2.23 bits per heavy atom. The van der Waals surface area contributed by atoms with Gasteiger partial charge in [-0.05, 0) is 12.1 Å². The highest BCUT2D eigenvalue weighted by Gasteiger charge is 2.10. The first kappa shape index (κ1) is 9.73. The Morgan fingerprint density at radius 3 is 2.77 bits per heavy atom. The molecule has 0 atom stereocenters. The van der Waals surface area contributed by atoms with Crippen molar-refractivity contribution in [3.05, 3.63) is 23.8 Å². The van der Waals surface area contributed by atoms with Gasteiger partial charge in [0.05, 0.1) is 0 Å². The zero-order valence-electron chi connectivity index (χ0n) is 6.76. The number of nitrogen functional groups attached to an aromatic ring is 1. The summed E-state index contributed by atoms with van der Waals surface area (Å²) >= 11 is 0. The summed E-state index contributed by atoms with van der Waals surface area (Å²) in [6.45, 7) is -2.84. The lowest BCUT2D eigenvalue weighted by Crippen LogP contribution is -2.09. The Bertz CT molecular complexity index is 291. The maximum absolute atomic E-state index is 11.8. The Labute approximate surface area is 74.3 Å². The van der Waals surface area contributed by atoms with Crippen molar-refractivity contribution in [2.24, 2.45) is 5.73 Å². The van der Waals surface area contributed by atoms with Crippen LogP contribution >= 0.6 is 0 Å². The number of rotatable bonds is 3. The lowest BCUT2D eigenvalue weighted by molar-refractivity contribution is -0.0505. The van der Waals surface area contributed by atoms with E-state index in [0.29, 0.717) is 11.3 Å². The van der Waals surface area contributed by atoms with Crippen molar-refractivity contribution in [1.82, 2.24) is 0 Å². The van der Waals surface area contributed by atoms with Crippen LogP contribution in [0.2, 0.25) is 0 Å². The zero-order valence-corrected chi connectivity index (χ0v) is 6.76. The molecule has 1 rings (SSSR count). The number of benzene rings is 1. The Hall–Kier alpha value is -1.36. The molecule has 1 radical (unpaired) electrons. The van der Waals surface area contributed by atoms with Crippen molar-refractivity contribution < 1.29 is 13.5 Å². The molecule has 0 spiro atoms. The van der Waals surface area contributed by atoms with Crippen LogP contribution < -0.4 is 16.2 Å². The Morgan fingerprint density at radius 1 is 1.54 bits per heavy atom. The van der Waals surface area contributed by atoms with Gasteiger partial charge in [-0.2, -0.15) is 8.78 Å². The van der Waals surface area contributed by atoms with Gasteiger partial charge in [0, 0.05) is 23.9 Å². The molecule has 0 amide bonds. The molecule has 5 heteroatoms. The molecule has 1 aromatic carbocycles. The van der Waals surface area contributed by atoms with Gasteiger partial charge in [-0.3, -0.25) is 0 Å². The van der Waals surface area contributed by atoms with E-state index in [0.717, 1.165) is 0 Å². The minimum atomic E-state index is -2.89. The van der Waals surface area contributed by atoms with Crippen molar-refractivity contribution in [3.63, 3.8) is 0 Å². The topological polar surface area (TPSA) is 61.3 Å². The van der Waals surface area contributed by atoms with Gasteiger partial charge in [-0.15, -0.1) is 0 Å². The average Bonchev–Trinajstić information content (AvgIpc) is 2.03. The average molecular weight is 187 g/mol. The standard InChI is InChI=1S/C8H9F2N2O/c9-8(10)13-7-3-1-2-6(12)5(7)4-11/h1-2,8H,4,11-12H2. The number of hydrogen-bond acceptors (Lipinski definition) is 3. The second-order valence-electron chi connectivity index (χ2n) is 2.32. The van der Waals surface area contributed by atoms with Crippen LogP contribution in [0, 0.1) is 6.07 Å². The maximum Gasteiger partial charge on any atom is 0.387 e. The predicted molar refractivity (Wildman–Crippen MR) is 44.2 cm³/mol. The van der Waals surface area contributed by atoms with E-state index in [-0.39, 0.29) is 12.3 Å². The van der Waals surface area contributed by atoms with Crippen LogP contribution in [0.15, 0.2) is 12.1 Å². The molecule has 0 bridgehead atoms. The number of ether oxygens (including phenoxy) is 1. The third kappa shape index (κ3) is 2.29. The molecule has 3 nitrogen and oxygen atoms in total. The second-order valence-corrected chi connectivity index (χ2v) is 2.32. The molecule has 0 fully saturated rings. The summed E-state index contributed by atoms with van der Waals surface area (Å²) in [5.41, 5.74) is 11.5. The van der Waals surface area contributed by atoms with E-state index < -0.39 is 6.61 Å². The van der Waals surface area contributed by atoms with Crippen molar-refractivity contribution in [2.75, 3.05) is 5.73 Å². The predicted octanol–water partition coefficient (Wildman–Crippen LogP) is 1.13. The molecule has 0 aromatic heterocycles. The monoisotopic (exact) mass is 187 g/mol. The number of halogens is 2. The van der Waals surface area contributed by atoms with Crippen molar-refractivity contribution in [1.29, 1.82) is 0 Å². The SMILES string of the molecule is NCc1c(OC(F)F)[c]ccc1N. The number of hydrogen-bond donors (Lipinski definition) is 2. The molecule has 4 N–H and O–H groups in total. The normalized spacial score (nSPS) is 10.5. The summed E-state index contributed by atoms with van der Waals surface area (Å²) in [6, 6.07) is 5.44. The minimum absolute atomic E-state index is 0.0469. The molecule has 0 heterocycles. The van der Waals surface area contributed by atoms with Gasteiger partial charge in [0.1, 0.15) is 5.75 Å². The third-order valence-corrected chi connectivity index (χ3v) is 1.51. The summed E-state index contributed by atoms with van der Waals surface area (Å²) in [5.74, 6) is -0.0856. The number of anilines is 1. The highest BCUT2D eigenvalue weighted by atomic mass is 19.3. The van der Waals surface area contributed by atoms with Crippen LogP contribution in [0.5, 0.6) is 5.75 Å². The molecule has 0 saturated heterocycles. The number of alkyl halides is 2. The highest BCUT2D eigenvalue weighted by molar-refractivity contribution is 5.53. The molecule has 0 saturated carbocycles. The van der Waals surface area contributed by atoms with E-state index in [1.165, 1.54) is 12.1 Å². The van der Waals surface area contributed by atoms with Gasteiger partial charge in [-0.25, -0.2) is 0 Å². The first-order valence-electron chi connectivity index (χ1n) is 3.59. The molecule has 0 aliphatic rings. The third-order valence-electron chi connectivity index (χ3n) is 1.51. The lowest BCUT2D eigenvalue weighted by Gasteiger charge is -2.10. The fourth-order valence-electron chi connectivity index (χ4n) is 0.931. The van der Waals surface area contributed by atoms with Crippen LogP contribution in [0.25, 0.3) is 0 Å². The molecule has 13 heavy (non-hydrogen) atoms. The molecule has 71 valence electrons. The summed E-state index contributed by atoms with van der Waals surface area (Å²) in [7, 11) is 0. The van der Waals surface area contributed by atoms with Crippen LogP contribution in [0.3, 0.4) is 0 Å². The largest absolute Gasteiger partial charge is 0.434 e. The van der Waals surface area contributed by atoms with Gasteiger partial charge in [0.15, 0.2) is 0 Å². The fraction of sp³-hybridized carbons (Fsp3) is 0.250. The van der Waals surface area contributed by atoms with Crippen molar-refractivity contribution >= 4 is 5.69 Å². The van der Waals surface area contributed by atoms with E-state index in [1.54, 1.807) is 0 Å². The zero-order chi connectivity index (χ0) is 9.84. The molecule has 0 aliphatic carbocycles. The van der Waals surface area contributed by atoms with Crippen LogP contribution in [-0.2, 0) is 6.54 Å². The van der Waals surface area contributed by atoms with E-state index in [1.807, 2.05) is 0 Å². The molecule has 0 unspecified atom stereocenters. The lowest BCUT2D eigenvalue weighted by atomic mass is 10.1. The van der Waals surface area contributed by atoms with Crippen LogP contribution in [-0.4, -0.2) is 6.61 Å². The smallest absolute Gasteiger partial charge is 0.387 e. The first-order chi connectivity index (χ1) is 6.15. The number of nitrogens with two attached hydrogens (primary N) is 2. The minimum Gasteiger partial charge on any atom is -0.434 e. The maximum atomic E-state index is 11.8. The second kappa shape index (κ2) is 4.04. The molecular weight excluding hydrogens is 178 g/mol. The van der Waals surface area contributed by atoms with E-state index in [2.05, 4.69) is 10.8 Å². The van der Waals surface area contributed by atoms with Gasteiger partial charge >= 0.3 is 6.61 Å². The summed E-state index contributed by atoms with van der Waals surface area (Å²) in [4.78, 5) is 0. The first-order valence-corrected chi connectivity index (χ1v) is 3.59. The van der Waals surface area contributed by atoms with E-state index in [9.17, 15) is 8.78 Å². The summed E-state index contributed by atoms with van der Waals surface area (Å²) in [5, 5.41) is 0. The van der Waals surface area contributed by atoms with Gasteiger partial charge in [-0.1, -0.05) is 0 Å². The van der Waals surface area contributed by atoms with E-state index in [4.69, 9.17) is 11.5 Å². The van der Waals surface area contributed by atoms with Crippen molar-refractivity contribution in [2.45, 2.75) is 13.2 Å². The van der Waals surface area contributed by atoms with Crippen LogP contribution in [0.1, 0.15) is 5.56 Å². The van der Waals surface area contributed by atoms with Crippen molar-refractivity contribution in [3.8, 4) is 5.75 Å². The highest BCUT2D eigenvalue weighted by Crippen LogP contribution is 2.24. The molecular formula is C8H9F2N2O. The van der Waals surface area contributed by atoms with Gasteiger partial charge in [0.25, 0.3) is 0 Å². The van der Waals surface area contributed by atoms with E-state index >= 15 is 0 Å². The van der Waals surface area contributed by atoms with Gasteiger partial charge in [0.2, 0.25) is 0 Å². The van der Waals surface area contributed by atoms with Crippen LogP contribution in [0.4, 0.5) is 14.5 Å². The Kier molecular flexibility index (Phi) is 3.02. The molecule has 0 aliphatic heterocycles. The molecule has 1 aromatic rings. The van der Waals surface area contributed by atoms with Gasteiger partial charge < -0.3 is 16.2 Å². The summed E-state index contributed by atoms with van der Waals surface area (Å²) < 4.78 is 27.9. The fourth-order valence-corrected chi connectivity index (χ4v) is 0.931. The summed E-state index contributed by atoms with van der Waals surface area (Å²) in [6.07, 6.45) is 0. The Balaban J connectivity index is 2.98. The quantitative estimate of drug-likeness (QED) is 0.697.